The lowest BCUT2D eigenvalue weighted by molar-refractivity contribution is 0.614. The fourth-order valence-corrected chi connectivity index (χ4v) is 4.82. The van der Waals surface area contributed by atoms with Crippen LogP contribution in [0.2, 0.25) is 5.02 Å². The van der Waals surface area contributed by atoms with E-state index in [-0.39, 0.29) is 0 Å². The molecule has 0 spiro atoms. The normalized spacial score (nSPS) is 21.6. The number of hydrogen-bond acceptors (Lipinski definition) is 0. The van der Waals surface area contributed by atoms with E-state index in [4.69, 9.17) is 11.6 Å². The largest absolute Gasteiger partial charge is 0.0843 e. The average Bonchev–Trinajstić information content (AvgIpc) is 2.68. The Kier molecular flexibility index (Phi) is 3.76. The van der Waals surface area contributed by atoms with E-state index in [1.54, 1.807) is 5.57 Å². The maximum atomic E-state index is 6.30. The zero-order chi connectivity index (χ0) is 17.7. The SMILES string of the molecule is CC1Cc2c(ccc3ccc(Cl)cc23)C2=C1CC(c1ccccc1)C=C2. The highest BCUT2D eigenvalue weighted by atomic mass is 35.5. The highest BCUT2D eigenvalue weighted by Gasteiger charge is 2.28. The van der Waals surface area contributed by atoms with Crippen molar-refractivity contribution in [2.75, 3.05) is 0 Å². The first-order valence-corrected chi connectivity index (χ1v) is 9.76. The van der Waals surface area contributed by atoms with Gasteiger partial charge in [-0.25, -0.2) is 0 Å². The van der Waals surface area contributed by atoms with Gasteiger partial charge in [-0.3, -0.25) is 0 Å². The van der Waals surface area contributed by atoms with Crippen molar-refractivity contribution in [2.45, 2.75) is 25.7 Å². The summed E-state index contributed by atoms with van der Waals surface area (Å²) in [4.78, 5) is 0. The molecule has 2 unspecified atom stereocenters. The molecule has 1 heteroatoms. The fraction of sp³-hybridized carbons (Fsp3) is 0.200. The van der Waals surface area contributed by atoms with Gasteiger partial charge in [0.25, 0.3) is 0 Å². The summed E-state index contributed by atoms with van der Waals surface area (Å²) in [5.41, 5.74) is 7.32. The van der Waals surface area contributed by atoms with E-state index >= 15 is 0 Å². The zero-order valence-electron chi connectivity index (χ0n) is 14.9. The minimum absolute atomic E-state index is 0.494. The van der Waals surface area contributed by atoms with Gasteiger partial charge in [-0.15, -0.1) is 0 Å². The van der Waals surface area contributed by atoms with Crippen molar-refractivity contribution >= 4 is 27.9 Å². The van der Waals surface area contributed by atoms with E-state index in [9.17, 15) is 0 Å². The van der Waals surface area contributed by atoms with Crippen LogP contribution in [-0.4, -0.2) is 0 Å². The maximum absolute atomic E-state index is 6.30. The topological polar surface area (TPSA) is 0 Å². The van der Waals surface area contributed by atoms with Crippen LogP contribution in [0.5, 0.6) is 0 Å². The second-order valence-corrected chi connectivity index (χ2v) is 8.02. The second-order valence-electron chi connectivity index (χ2n) is 7.58. The Morgan fingerprint density at radius 2 is 1.73 bits per heavy atom. The summed E-state index contributed by atoms with van der Waals surface area (Å²) in [5.74, 6) is 1.06. The molecule has 0 fully saturated rings. The molecule has 0 heterocycles. The molecule has 0 bridgehead atoms. The molecule has 0 N–H and O–H groups in total. The van der Waals surface area contributed by atoms with Crippen LogP contribution < -0.4 is 0 Å². The lowest BCUT2D eigenvalue weighted by atomic mass is 9.71. The van der Waals surface area contributed by atoms with Crippen molar-refractivity contribution in [3.05, 3.63) is 100 Å². The van der Waals surface area contributed by atoms with Crippen LogP contribution in [0.3, 0.4) is 0 Å². The van der Waals surface area contributed by atoms with Crippen molar-refractivity contribution in [2.24, 2.45) is 5.92 Å². The number of hydrogen-bond donors (Lipinski definition) is 0. The zero-order valence-corrected chi connectivity index (χ0v) is 15.6. The van der Waals surface area contributed by atoms with E-state index in [0.29, 0.717) is 11.8 Å². The first-order valence-electron chi connectivity index (χ1n) is 9.38. The summed E-state index contributed by atoms with van der Waals surface area (Å²) in [7, 11) is 0. The molecule has 0 aromatic heterocycles. The smallest absolute Gasteiger partial charge is 0.0412 e. The third-order valence-corrected chi connectivity index (χ3v) is 6.23. The van der Waals surface area contributed by atoms with E-state index in [1.807, 2.05) is 6.07 Å². The quantitative estimate of drug-likeness (QED) is 0.433. The lowest BCUT2D eigenvalue weighted by Gasteiger charge is -2.33. The molecule has 2 aliphatic rings. The molecule has 0 saturated carbocycles. The van der Waals surface area contributed by atoms with Gasteiger partial charge in [0.2, 0.25) is 0 Å². The van der Waals surface area contributed by atoms with Crippen LogP contribution in [0.25, 0.3) is 16.3 Å². The first-order chi connectivity index (χ1) is 12.7. The number of fused-ring (bicyclic) bond motifs is 4. The number of benzene rings is 3. The van der Waals surface area contributed by atoms with Crippen molar-refractivity contribution in [1.29, 1.82) is 0 Å². The molecule has 0 amide bonds. The standard InChI is InChI=1S/C25H21Cl/c1-16-13-25-22(11-8-18-7-10-20(26)15-24(18)25)21-12-9-19(14-23(16)21)17-5-3-2-4-6-17/h2-12,15-16,19H,13-14H2,1H3. The minimum atomic E-state index is 0.494. The molecule has 0 radical (unpaired) electrons. The van der Waals surface area contributed by atoms with Crippen molar-refractivity contribution in [3.8, 4) is 0 Å². The highest BCUT2D eigenvalue weighted by molar-refractivity contribution is 6.31. The Balaban J connectivity index is 1.62. The predicted octanol–water partition coefficient (Wildman–Crippen LogP) is 7.18. The molecule has 26 heavy (non-hydrogen) atoms. The number of rotatable bonds is 1. The van der Waals surface area contributed by atoms with Gasteiger partial charge < -0.3 is 0 Å². The molecule has 3 aromatic rings. The van der Waals surface area contributed by atoms with Crippen LogP contribution in [0.15, 0.2) is 78.4 Å². The van der Waals surface area contributed by atoms with Crippen molar-refractivity contribution < 1.29 is 0 Å². The molecule has 3 aromatic carbocycles. The third-order valence-electron chi connectivity index (χ3n) is 6.00. The molecule has 2 aliphatic carbocycles. The monoisotopic (exact) mass is 356 g/mol. The van der Waals surface area contributed by atoms with Crippen LogP contribution in [-0.2, 0) is 6.42 Å². The van der Waals surface area contributed by atoms with Crippen LogP contribution >= 0.6 is 11.6 Å². The van der Waals surface area contributed by atoms with E-state index in [2.05, 4.69) is 73.7 Å². The summed E-state index contributed by atoms with van der Waals surface area (Å²) < 4.78 is 0. The van der Waals surface area contributed by atoms with E-state index in [1.165, 1.54) is 33.0 Å². The summed E-state index contributed by atoms with van der Waals surface area (Å²) >= 11 is 6.30. The van der Waals surface area contributed by atoms with Crippen molar-refractivity contribution in [1.82, 2.24) is 0 Å². The molecule has 0 nitrogen and oxygen atoms in total. The molecule has 2 atom stereocenters. The summed E-state index contributed by atoms with van der Waals surface area (Å²) in [6.45, 7) is 2.38. The minimum Gasteiger partial charge on any atom is -0.0843 e. The highest BCUT2D eigenvalue weighted by Crippen LogP contribution is 2.45. The predicted molar refractivity (Wildman–Crippen MR) is 112 cm³/mol. The average molecular weight is 357 g/mol. The van der Waals surface area contributed by atoms with Gasteiger partial charge >= 0.3 is 0 Å². The molecule has 128 valence electrons. The van der Waals surface area contributed by atoms with Crippen LogP contribution in [0, 0.1) is 5.92 Å². The van der Waals surface area contributed by atoms with Gasteiger partial charge in [-0.2, -0.15) is 0 Å². The van der Waals surface area contributed by atoms with E-state index in [0.717, 1.165) is 17.9 Å². The van der Waals surface area contributed by atoms with Gasteiger partial charge in [0.15, 0.2) is 0 Å². The maximum Gasteiger partial charge on any atom is 0.0412 e. The van der Waals surface area contributed by atoms with Gasteiger partial charge in [-0.1, -0.05) is 84.8 Å². The Morgan fingerprint density at radius 1 is 0.923 bits per heavy atom. The molecule has 0 aliphatic heterocycles. The second kappa shape index (κ2) is 6.14. The molecule has 5 rings (SSSR count). The fourth-order valence-electron chi connectivity index (χ4n) is 4.65. The molecule has 0 saturated heterocycles. The number of halogens is 1. The van der Waals surface area contributed by atoms with E-state index < -0.39 is 0 Å². The van der Waals surface area contributed by atoms with Crippen molar-refractivity contribution in [3.63, 3.8) is 0 Å². The lowest BCUT2D eigenvalue weighted by Crippen LogP contribution is -2.18. The van der Waals surface area contributed by atoms with Gasteiger partial charge in [-0.05, 0) is 63.9 Å². The molecular weight excluding hydrogens is 336 g/mol. The summed E-state index contributed by atoms with van der Waals surface area (Å²) in [5, 5.41) is 3.42. The summed E-state index contributed by atoms with van der Waals surface area (Å²) in [6, 6.07) is 21.7. The van der Waals surface area contributed by atoms with Gasteiger partial charge in [0.1, 0.15) is 0 Å². The first kappa shape index (κ1) is 15.9. The van der Waals surface area contributed by atoms with Crippen LogP contribution in [0.4, 0.5) is 0 Å². The number of allylic oxidation sites excluding steroid dienone is 4. The van der Waals surface area contributed by atoms with Crippen LogP contribution in [0.1, 0.15) is 36.0 Å². The third kappa shape index (κ3) is 2.52. The van der Waals surface area contributed by atoms with Gasteiger partial charge in [0.05, 0.1) is 0 Å². The Morgan fingerprint density at radius 3 is 2.58 bits per heavy atom. The summed E-state index contributed by atoms with van der Waals surface area (Å²) in [6.07, 6.45) is 6.98. The Labute approximate surface area is 159 Å². The molecular formula is C25H21Cl. The Hall–Kier alpha value is -2.31. The van der Waals surface area contributed by atoms with Gasteiger partial charge in [0, 0.05) is 10.9 Å². The Bertz CT molecular complexity index is 1060.